The van der Waals surface area contributed by atoms with Gasteiger partial charge in [-0.2, -0.15) is 0 Å². The number of nitrogens with zero attached hydrogens (tertiary/aromatic N) is 2. The van der Waals surface area contributed by atoms with Crippen molar-refractivity contribution in [3.8, 4) is 0 Å². The van der Waals surface area contributed by atoms with E-state index in [-0.39, 0.29) is 6.54 Å². The normalized spacial score (nSPS) is 12.1. The second-order valence-electron chi connectivity index (χ2n) is 2.54. The van der Waals surface area contributed by atoms with Gasteiger partial charge in [-0.3, -0.25) is 0 Å². The minimum absolute atomic E-state index is 0.169. The number of nitrogens with one attached hydrogen (secondary N) is 1. The van der Waals surface area contributed by atoms with E-state index in [0.717, 1.165) is 0 Å². The Labute approximate surface area is 80.9 Å². The van der Waals surface area contributed by atoms with Gasteiger partial charge in [0.2, 0.25) is 0 Å². The van der Waals surface area contributed by atoms with E-state index in [1.165, 1.54) is 13.4 Å². The molecule has 1 atom stereocenters. The number of carboxylic acid groups (broad SMARTS) is 1. The third kappa shape index (κ3) is 2.98. The number of aliphatic carboxylic acids is 1. The summed E-state index contributed by atoms with van der Waals surface area (Å²) in [5, 5.41) is 11.5. The number of methoxy groups -OCH3 is 1. The monoisotopic (exact) mass is 197 g/mol. The molecular formula is C8H11N3O3. The van der Waals surface area contributed by atoms with Gasteiger partial charge in [0.05, 0.1) is 6.54 Å². The molecule has 76 valence electrons. The van der Waals surface area contributed by atoms with Gasteiger partial charge in [-0.15, -0.1) is 0 Å². The van der Waals surface area contributed by atoms with E-state index in [2.05, 4.69) is 15.3 Å². The number of carboxylic acids is 1. The van der Waals surface area contributed by atoms with Gasteiger partial charge in [0, 0.05) is 13.3 Å². The summed E-state index contributed by atoms with van der Waals surface area (Å²) >= 11 is 0. The molecule has 1 rings (SSSR count). The van der Waals surface area contributed by atoms with Crippen molar-refractivity contribution in [1.82, 2.24) is 9.97 Å². The zero-order chi connectivity index (χ0) is 10.4. The van der Waals surface area contributed by atoms with Crippen molar-refractivity contribution >= 4 is 11.8 Å². The van der Waals surface area contributed by atoms with Crippen molar-refractivity contribution in [3.63, 3.8) is 0 Å². The van der Waals surface area contributed by atoms with Crippen LogP contribution in [0.15, 0.2) is 18.6 Å². The van der Waals surface area contributed by atoms with Gasteiger partial charge >= 0.3 is 5.97 Å². The van der Waals surface area contributed by atoms with E-state index < -0.39 is 12.1 Å². The third-order valence-electron chi connectivity index (χ3n) is 1.61. The molecule has 14 heavy (non-hydrogen) atoms. The van der Waals surface area contributed by atoms with Crippen molar-refractivity contribution < 1.29 is 14.6 Å². The number of carbonyl (C=O) groups is 1. The van der Waals surface area contributed by atoms with Gasteiger partial charge in [0.15, 0.2) is 6.10 Å². The number of hydrogen-bond donors (Lipinski definition) is 2. The fraction of sp³-hybridized carbons (Fsp3) is 0.375. The maximum Gasteiger partial charge on any atom is 0.334 e. The Kier molecular flexibility index (Phi) is 3.81. The first-order valence-corrected chi connectivity index (χ1v) is 3.99. The van der Waals surface area contributed by atoms with Crippen molar-refractivity contribution in [2.24, 2.45) is 0 Å². The van der Waals surface area contributed by atoms with Crippen molar-refractivity contribution in [2.45, 2.75) is 6.10 Å². The molecule has 0 saturated carbocycles. The van der Waals surface area contributed by atoms with Crippen LogP contribution in [-0.4, -0.2) is 40.8 Å². The number of aromatic nitrogens is 2. The molecule has 0 aliphatic carbocycles. The van der Waals surface area contributed by atoms with Crippen LogP contribution in [0.25, 0.3) is 0 Å². The second-order valence-corrected chi connectivity index (χ2v) is 2.54. The molecule has 0 aromatic carbocycles. The molecule has 0 aliphatic heterocycles. The molecule has 0 fully saturated rings. The fourth-order valence-electron chi connectivity index (χ4n) is 0.864. The van der Waals surface area contributed by atoms with Crippen molar-refractivity contribution in [2.75, 3.05) is 19.0 Å². The standard InChI is InChI=1S/C8H11N3O3/c1-14-6(8(12)13)4-10-7-2-3-9-5-11-7/h2-3,5-6H,4H2,1H3,(H,12,13)(H,9,10,11). The first-order chi connectivity index (χ1) is 6.74. The lowest BCUT2D eigenvalue weighted by molar-refractivity contribution is -0.147. The van der Waals surface area contributed by atoms with Crippen molar-refractivity contribution in [1.29, 1.82) is 0 Å². The fourth-order valence-corrected chi connectivity index (χ4v) is 0.864. The first kappa shape index (κ1) is 10.4. The second kappa shape index (κ2) is 5.13. The highest BCUT2D eigenvalue weighted by Gasteiger charge is 2.15. The molecule has 2 N–H and O–H groups in total. The molecule has 1 aromatic rings. The van der Waals surface area contributed by atoms with E-state index >= 15 is 0 Å². The number of ether oxygens (including phenoxy) is 1. The smallest absolute Gasteiger partial charge is 0.334 e. The van der Waals surface area contributed by atoms with Gasteiger partial charge in [-0.25, -0.2) is 14.8 Å². The SMILES string of the molecule is COC(CNc1ccncn1)C(=O)O. The highest BCUT2D eigenvalue weighted by Crippen LogP contribution is 1.99. The average Bonchev–Trinajstić information content (AvgIpc) is 2.20. The minimum atomic E-state index is -1.01. The molecule has 6 heteroatoms. The Balaban J connectivity index is 2.44. The summed E-state index contributed by atoms with van der Waals surface area (Å²) in [6.45, 7) is 0.169. The topological polar surface area (TPSA) is 84.3 Å². The van der Waals surface area contributed by atoms with Gasteiger partial charge in [-0.05, 0) is 6.07 Å². The number of rotatable bonds is 5. The van der Waals surface area contributed by atoms with Crippen LogP contribution in [0.4, 0.5) is 5.82 Å². The average molecular weight is 197 g/mol. The lowest BCUT2D eigenvalue weighted by Crippen LogP contribution is -2.30. The Morgan fingerprint density at radius 3 is 3.07 bits per heavy atom. The summed E-state index contributed by atoms with van der Waals surface area (Å²) in [6.07, 6.45) is 2.08. The van der Waals surface area contributed by atoms with Gasteiger partial charge < -0.3 is 15.2 Å². The van der Waals surface area contributed by atoms with Crippen LogP contribution >= 0.6 is 0 Å². The van der Waals surface area contributed by atoms with Crippen molar-refractivity contribution in [3.05, 3.63) is 18.6 Å². The molecular weight excluding hydrogens is 186 g/mol. The number of anilines is 1. The predicted octanol–water partition coefficient (Wildman–Crippen LogP) is -0.0119. The van der Waals surface area contributed by atoms with E-state index in [1.807, 2.05) is 0 Å². The van der Waals surface area contributed by atoms with Crippen LogP contribution in [0.3, 0.4) is 0 Å². The zero-order valence-electron chi connectivity index (χ0n) is 7.67. The minimum Gasteiger partial charge on any atom is -0.479 e. The molecule has 1 heterocycles. The molecule has 1 unspecified atom stereocenters. The Morgan fingerprint density at radius 2 is 2.57 bits per heavy atom. The Morgan fingerprint density at radius 1 is 1.79 bits per heavy atom. The van der Waals surface area contributed by atoms with E-state index in [4.69, 9.17) is 9.84 Å². The lowest BCUT2D eigenvalue weighted by Gasteiger charge is -2.11. The molecule has 0 amide bonds. The maximum absolute atomic E-state index is 10.6. The molecule has 0 spiro atoms. The van der Waals surface area contributed by atoms with Gasteiger partial charge in [-0.1, -0.05) is 0 Å². The third-order valence-corrected chi connectivity index (χ3v) is 1.61. The summed E-state index contributed by atoms with van der Waals surface area (Å²) in [6, 6.07) is 1.65. The van der Waals surface area contributed by atoms with E-state index in [0.29, 0.717) is 5.82 Å². The predicted molar refractivity (Wildman–Crippen MR) is 49.0 cm³/mol. The molecule has 6 nitrogen and oxygen atoms in total. The molecule has 0 bridgehead atoms. The molecule has 0 aliphatic rings. The Hall–Kier alpha value is -1.69. The lowest BCUT2D eigenvalue weighted by atomic mass is 10.3. The van der Waals surface area contributed by atoms with E-state index in [1.54, 1.807) is 12.3 Å². The summed E-state index contributed by atoms with van der Waals surface area (Å²) in [4.78, 5) is 18.2. The highest BCUT2D eigenvalue weighted by atomic mass is 16.5. The summed E-state index contributed by atoms with van der Waals surface area (Å²) in [5.41, 5.74) is 0. The summed E-state index contributed by atoms with van der Waals surface area (Å²) in [7, 11) is 1.35. The zero-order valence-corrected chi connectivity index (χ0v) is 7.67. The van der Waals surface area contributed by atoms with Crippen LogP contribution in [0, 0.1) is 0 Å². The maximum atomic E-state index is 10.6. The quantitative estimate of drug-likeness (QED) is 0.690. The van der Waals surface area contributed by atoms with Crippen LogP contribution < -0.4 is 5.32 Å². The van der Waals surface area contributed by atoms with Crippen LogP contribution in [0.5, 0.6) is 0 Å². The largest absolute Gasteiger partial charge is 0.479 e. The summed E-state index contributed by atoms with van der Waals surface area (Å²) in [5.74, 6) is -0.433. The Bertz CT molecular complexity index is 291. The highest BCUT2D eigenvalue weighted by molar-refractivity contribution is 5.73. The molecule has 1 aromatic heterocycles. The van der Waals surface area contributed by atoms with Gasteiger partial charge in [0.1, 0.15) is 12.1 Å². The van der Waals surface area contributed by atoms with Crippen LogP contribution in [0.2, 0.25) is 0 Å². The summed E-state index contributed by atoms with van der Waals surface area (Å²) < 4.78 is 4.73. The molecule has 0 radical (unpaired) electrons. The molecule has 0 saturated heterocycles. The first-order valence-electron chi connectivity index (χ1n) is 3.99. The van der Waals surface area contributed by atoms with Gasteiger partial charge in [0.25, 0.3) is 0 Å². The number of hydrogen-bond acceptors (Lipinski definition) is 5. The van der Waals surface area contributed by atoms with Crippen LogP contribution in [0.1, 0.15) is 0 Å². The van der Waals surface area contributed by atoms with Crippen LogP contribution in [-0.2, 0) is 9.53 Å². The van der Waals surface area contributed by atoms with E-state index in [9.17, 15) is 4.79 Å².